The molecule has 0 spiro atoms. The van der Waals surface area contributed by atoms with E-state index in [-0.39, 0.29) is 10.9 Å². The number of likely N-dealkylation sites (N-methyl/N-ethyl adjacent to an activating group) is 1. The fraction of sp³-hybridized carbons (Fsp3) is 0.533. The molecule has 1 rings (SSSR count). The first-order valence-electron chi connectivity index (χ1n) is 6.42. The number of rotatable bonds is 4. The summed E-state index contributed by atoms with van der Waals surface area (Å²) in [5.41, 5.74) is 0.406. The summed E-state index contributed by atoms with van der Waals surface area (Å²) in [6, 6.07) is 2.95. The molecule has 1 aromatic rings. The van der Waals surface area contributed by atoms with Crippen LogP contribution < -0.4 is 0 Å². The number of ether oxygens (including phenoxy) is 1. The highest BCUT2D eigenvalue weighted by atomic mass is 35.5. The van der Waals surface area contributed by atoms with Gasteiger partial charge < -0.3 is 9.64 Å². The second-order valence-corrected chi connectivity index (χ2v) is 6.20. The Morgan fingerprint density at radius 2 is 2.00 bits per heavy atom. The zero-order valence-corrected chi connectivity index (χ0v) is 13.3. The van der Waals surface area contributed by atoms with E-state index in [9.17, 15) is 9.18 Å². The number of carbonyl (C=O) groups excluding carboxylic acids is 1. The lowest BCUT2D eigenvalue weighted by Gasteiger charge is -2.23. The zero-order valence-electron chi connectivity index (χ0n) is 12.6. The van der Waals surface area contributed by atoms with Crippen molar-refractivity contribution in [3.8, 4) is 0 Å². The lowest BCUT2D eigenvalue weighted by atomic mass is 9.85. The Balaban J connectivity index is 3.14. The molecular formula is C15H21ClFNO2. The largest absolute Gasteiger partial charge is 0.383 e. The van der Waals surface area contributed by atoms with Crippen molar-refractivity contribution in [1.29, 1.82) is 0 Å². The average Bonchev–Trinajstić information content (AvgIpc) is 2.36. The normalized spacial score (nSPS) is 11.6. The Hall–Kier alpha value is -1.13. The van der Waals surface area contributed by atoms with Crippen LogP contribution in [0.3, 0.4) is 0 Å². The quantitative estimate of drug-likeness (QED) is 0.852. The highest BCUT2D eigenvalue weighted by Crippen LogP contribution is 2.30. The third kappa shape index (κ3) is 3.93. The number of amides is 1. The maximum absolute atomic E-state index is 14.1. The van der Waals surface area contributed by atoms with E-state index in [2.05, 4.69) is 0 Å². The van der Waals surface area contributed by atoms with Crippen molar-refractivity contribution in [3.63, 3.8) is 0 Å². The minimum absolute atomic E-state index is 0.0269. The van der Waals surface area contributed by atoms with Crippen LogP contribution in [0.4, 0.5) is 4.39 Å². The molecule has 0 saturated carbocycles. The fourth-order valence-electron chi connectivity index (χ4n) is 1.81. The lowest BCUT2D eigenvalue weighted by Crippen LogP contribution is -2.30. The summed E-state index contributed by atoms with van der Waals surface area (Å²) < 4.78 is 19.0. The number of benzene rings is 1. The van der Waals surface area contributed by atoms with E-state index in [0.717, 1.165) is 0 Å². The van der Waals surface area contributed by atoms with Crippen LogP contribution in [0, 0.1) is 5.82 Å². The summed E-state index contributed by atoms with van der Waals surface area (Å²) >= 11 is 5.91. The SMILES string of the molecule is COCCN(C)C(=O)c1cc(Cl)c(F)c(C(C)(C)C)c1. The van der Waals surface area contributed by atoms with Gasteiger partial charge in [-0.2, -0.15) is 0 Å². The van der Waals surface area contributed by atoms with Gasteiger partial charge >= 0.3 is 0 Å². The number of halogens is 2. The van der Waals surface area contributed by atoms with Gasteiger partial charge in [-0.05, 0) is 23.1 Å². The number of hydrogen-bond donors (Lipinski definition) is 0. The summed E-state index contributed by atoms with van der Waals surface area (Å²) in [5, 5.41) is -0.0269. The molecule has 0 unspecified atom stereocenters. The summed E-state index contributed by atoms with van der Waals surface area (Å²) in [7, 11) is 3.25. The number of carbonyl (C=O) groups is 1. The Labute approximate surface area is 124 Å². The number of nitrogens with zero attached hydrogens (tertiary/aromatic N) is 1. The molecule has 0 radical (unpaired) electrons. The van der Waals surface area contributed by atoms with Gasteiger partial charge in [0.05, 0.1) is 11.6 Å². The molecular weight excluding hydrogens is 281 g/mol. The Bertz CT molecular complexity index is 497. The first-order chi connectivity index (χ1) is 9.18. The topological polar surface area (TPSA) is 29.5 Å². The minimum atomic E-state index is -0.463. The van der Waals surface area contributed by atoms with Crippen LogP contribution in [-0.2, 0) is 10.2 Å². The van der Waals surface area contributed by atoms with Gasteiger partial charge in [0, 0.05) is 26.3 Å². The van der Waals surface area contributed by atoms with Gasteiger partial charge in [-0.25, -0.2) is 4.39 Å². The molecule has 0 N–H and O–H groups in total. The molecule has 0 saturated heterocycles. The third-order valence-corrected chi connectivity index (χ3v) is 3.34. The van der Waals surface area contributed by atoms with Crippen LogP contribution in [0.15, 0.2) is 12.1 Å². The predicted molar refractivity (Wildman–Crippen MR) is 78.9 cm³/mol. The maximum Gasteiger partial charge on any atom is 0.253 e. The number of methoxy groups -OCH3 is 1. The van der Waals surface area contributed by atoms with Crippen molar-refractivity contribution in [2.24, 2.45) is 0 Å². The average molecular weight is 302 g/mol. The third-order valence-electron chi connectivity index (χ3n) is 3.06. The van der Waals surface area contributed by atoms with E-state index in [1.807, 2.05) is 20.8 Å². The van der Waals surface area contributed by atoms with E-state index in [1.54, 1.807) is 20.2 Å². The van der Waals surface area contributed by atoms with E-state index < -0.39 is 11.2 Å². The molecule has 0 aliphatic carbocycles. The molecule has 0 fully saturated rings. The summed E-state index contributed by atoms with van der Waals surface area (Å²) in [6.07, 6.45) is 0. The fourth-order valence-corrected chi connectivity index (χ4v) is 2.03. The molecule has 5 heteroatoms. The lowest BCUT2D eigenvalue weighted by molar-refractivity contribution is 0.0744. The first kappa shape index (κ1) is 16.9. The van der Waals surface area contributed by atoms with Crippen LogP contribution in [0.5, 0.6) is 0 Å². The van der Waals surface area contributed by atoms with Crippen LogP contribution in [0.2, 0.25) is 5.02 Å². The summed E-state index contributed by atoms with van der Waals surface area (Å²) in [5.74, 6) is -0.662. The Kier molecular flexibility index (Phi) is 5.54. The van der Waals surface area contributed by atoms with Gasteiger partial charge in [0.15, 0.2) is 0 Å². The number of hydrogen-bond acceptors (Lipinski definition) is 2. The van der Waals surface area contributed by atoms with Crippen molar-refractivity contribution in [2.45, 2.75) is 26.2 Å². The first-order valence-corrected chi connectivity index (χ1v) is 6.80. The van der Waals surface area contributed by atoms with Crippen molar-refractivity contribution in [1.82, 2.24) is 4.90 Å². The molecule has 20 heavy (non-hydrogen) atoms. The summed E-state index contributed by atoms with van der Waals surface area (Å²) in [6.45, 7) is 6.55. The molecule has 3 nitrogen and oxygen atoms in total. The Morgan fingerprint density at radius 1 is 1.40 bits per heavy atom. The maximum atomic E-state index is 14.1. The van der Waals surface area contributed by atoms with Gasteiger partial charge in [-0.3, -0.25) is 4.79 Å². The molecule has 0 bridgehead atoms. The van der Waals surface area contributed by atoms with Crippen molar-refractivity contribution >= 4 is 17.5 Å². The van der Waals surface area contributed by atoms with Crippen LogP contribution in [0.25, 0.3) is 0 Å². The zero-order chi connectivity index (χ0) is 15.5. The molecule has 1 aromatic carbocycles. The molecule has 0 aromatic heterocycles. The van der Waals surface area contributed by atoms with E-state index in [0.29, 0.717) is 24.3 Å². The molecule has 0 heterocycles. The highest BCUT2D eigenvalue weighted by molar-refractivity contribution is 6.31. The van der Waals surface area contributed by atoms with Gasteiger partial charge in [-0.15, -0.1) is 0 Å². The van der Waals surface area contributed by atoms with Crippen LogP contribution >= 0.6 is 11.6 Å². The smallest absolute Gasteiger partial charge is 0.253 e. The summed E-state index contributed by atoms with van der Waals surface area (Å²) in [4.78, 5) is 13.8. The van der Waals surface area contributed by atoms with Crippen molar-refractivity contribution in [3.05, 3.63) is 34.1 Å². The molecule has 0 aliphatic rings. The monoisotopic (exact) mass is 301 g/mol. The minimum Gasteiger partial charge on any atom is -0.383 e. The van der Waals surface area contributed by atoms with Crippen LogP contribution in [-0.4, -0.2) is 38.1 Å². The molecule has 112 valence electrons. The second kappa shape index (κ2) is 6.55. The molecule has 0 atom stereocenters. The van der Waals surface area contributed by atoms with E-state index in [1.165, 1.54) is 11.0 Å². The molecule has 0 aliphatic heterocycles. The second-order valence-electron chi connectivity index (χ2n) is 5.79. The van der Waals surface area contributed by atoms with Crippen molar-refractivity contribution < 1.29 is 13.9 Å². The molecule has 1 amide bonds. The highest BCUT2D eigenvalue weighted by Gasteiger charge is 2.23. The van der Waals surface area contributed by atoms with Crippen LogP contribution in [0.1, 0.15) is 36.7 Å². The van der Waals surface area contributed by atoms with Gasteiger partial charge in [0.2, 0.25) is 0 Å². The van der Waals surface area contributed by atoms with Gasteiger partial charge in [-0.1, -0.05) is 32.4 Å². The Morgan fingerprint density at radius 3 is 2.50 bits per heavy atom. The predicted octanol–water partition coefficient (Wildman–Crippen LogP) is 3.50. The standard InChI is InChI=1S/C15H21ClFNO2/c1-15(2,3)11-8-10(9-12(16)13(11)17)14(19)18(4)6-7-20-5/h8-9H,6-7H2,1-5H3. The van der Waals surface area contributed by atoms with Gasteiger partial charge in [0.25, 0.3) is 5.91 Å². The van der Waals surface area contributed by atoms with E-state index in [4.69, 9.17) is 16.3 Å². The van der Waals surface area contributed by atoms with Crippen molar-refractivity contribution in [2.75, 3.05) is 27.3 Å². The van der Waals surface area contributed by atoms with E-state index >= 15 is 0 Å². The van der Waals surface area contributed by atoms with Gasteiger partial charge in [0.1, 0.15) is 5.82 Å².